The lowest BCUT2D eigenvalue weighted by molar-refractivity contribution is 0.185. The van der Waals surface area contributed by atoms with Gasteiger partial charge in [0.15, 0.2) is 0 Å². The number of ether oxygens (including phenoxy) is 1. The van der Waals surface area contributed by atoms with Crippen molar-refractivity contribution < 1.29 is 9.84 Å². The van der Waals surface area contributed by atoms with Crippen LogP contribution in [-0.4, -0.2) is 41.2 Å². The van der Waals surface area contributed by atoms with Gasteiger partial charge in [0.25, 0.3) is 5.56 Å². The molecule has 0 unspecified atom stereocenters. The minimum absolute atomic E-state index is 0.0145. The van der Waals surface area contributed by atoms with Gasteiger partial charge in [-0.1, -0.05) is 18.2 Å². The van der Waals surface area contributed by atoms with Gasteiger partial charge >= 0.3 is 0 Å². The van der Waals surface area contributed by atoms with Crippen molar-refractivity contribution in [3.05, 3.63) is 58.1 Å². The van der Waals surface area contributed by atoms with Gasteiger partial charge in [-0.05, 0) is 48.5 Å². The Morgan fingerprint density at radius 3 is 2.76 bits per heavy atom. The third-order valence-corrected chi connectivity index (χ3v) is 4.00. The molecule has 0 radical (unpaired) electrons. The number of methoxy groups -OCH3 is 1. The fourth-order valence-electron chi connectivity index (χ4n) is 2.98. The van der Waals surface area contributed by atoms with E-state index in [1.54, 1.807) is 19.2 Å². The molecule has 3 aromatic rings. The van der Waals surface area contributed by atoms with E-state index in [0.29, 0.717) is 17.5 Å². The van der Waals surface area contributed by atoms with Crippen molar-refractivity contribution >= 4 is 10.9 Å². The third-order valence-electron chi connectivity index (χ3n) is 4.00. The van der Waals surface area contributed by atoms with E-state index in [4.69, 9.17) is 4.74 Å². The minimum Gasteiger partial charge on any atom is -0.506 e. The molecule has 0 aliphatic heterocycles. The quantitative estimate of drug-likeness (QED) is 0.747. The van der Waals surface area contributed by atoms with Gasteiger partial charge in [-0.2, -0.15) is 0 Å². The van der Waals surface area contributed by atoms with Crippen molar-refractivity contribution in [3.8, 4) is 16.9 Å². The summed E-state index contributed by atoms with van der Waals surface area (Å²) in [5.41, 5.74) is 3.87. The molecule has 1 heterocycles. The Morgan fingerprint density at radius 2 is 2.04 bits per heavy atom. The molecule has 6 heteroatoms. The molecule has 3 rings (SSSR count). The second-order valence-corrected chi connectivity index (χ2v) is 6.29. The van der Waals surface area contributed by atoms with E-state index in [9.17, 15) is 9.90 Å². The average molecular weight is 339 g/mol. The summed E-state index contributed by atoms with van der Waals surface area (Å²) >= 11 is 0. The summed E-state index contributed by atoms with van der Waals surface area (Å²) in [6.45, 7) is 1.27. The number of nitrogens with one attached hydrogen (secondary N) is 1. The van der Waals surface area contributed by atoms with Gasteiger partial charge in [0.05, 0.1) is 18.3 Å². The van der Waals surface area contributed by atoms with Crippen LogP contribution in [0.1, 0.15) is 11.1 Å². The molecule has 2 N–H and O–H groups in total. The highest BCUT2D eigenvalue weighted by Crippen LogP contribution is 2.32. The van der Waals surface area contributed by atoms with E-state index in [2.05, 4.69) is 20.9 Å². The summed E-state index contributed by atoms with van der Waals surface area (Å²) in [5.74, 6) is -0.0145. The molecule has 0 bridgehead atoms. The van der Waals surface area contributed by atoms with Gasteiger partial charge in [0.1, 0.15) is 11.3 Å². The number of fused-ring (bicyclic) bond motifs is 1. The fraction of sp³-hybridized carbons (Fsp3) is 0.263. The van der Waals surface area contributed by atoms with Gasteiger partial charge in [-0.25, -0.2) is 4.98 Å². The zero-order valence-electron chi connectivity index (χ0n) is 14.5. The summed E-state index contributed by atoms with van der Waals surface area (Å²) in [5, 5.41) is 10.6. The van der Waals surface area contributed by atoms with Crippen LogP contribution in [0, 0.1) is 0 Å². The van der Waals surface area contributed by atoms with Crippen LogP contribution in [0.25, 0.3) is 22.0 Å². The van der Waals surface area contributed by atoms with Crippen LogP contribution < -0.4 is 5.56 Å². The molecule has 0 amide bonds. The highest BCUT2D eigenvalue weighted by molar-refractivity contribution is 5.89. The number of nitrogens with zero attached hydrogens (tertiary/aromatic N) is 2. The molecule has 0 saturated heterocycles. The number of aromatic amines is 1. The molecule has 0 aliphatic carbocycles. The van der Waals surface area contributed by atoms with Crippen molar-refractivity contribution in [2.45, 2.75) is 13.2 Å². The third kappa shape index (κ3) is 3.55. The maximum absolute atomic E-state index is 12.1. The molecule has 130 valence electrons. The topological polar surface area (TPSA) is 78.5 Å². The first kappa shape index (κ1) is 17.1. The lowest BCUT2D eigenvalue weighted by Crippen LogP contribution is -2.11. The zero-order chi connectivity index (χ0) is 18.0. The van der Waals surface area contributed by atoms with E-state index in [1.807, 2.05) is 26.2 Å². The van der Waals surface area contributed by atoms with Gasteiger partial charge < -0.3 is 19.7 Å². The first-order valence-electron chi connectivity index (χ1n) is 7.96. The molecule has 0 fully saturated rings. The molecule has 0 aliphatic rings. The van der Waals surface area contributed by atoms with Crippen molar-refractivity contribution in [3.63, 3.8) is 0 Å². The van der Waals surface area contributed by atoms with E-state index in [-0.39, 0.29) is 11.3 Å². The van der Waals surface area contributed by atoms with Crippen LogP contribution in [0.15, 0.2) is 41.5 Å². The minimum atomic E-state index is -0.278. The maximum atomic E-state index is 12.1. The number of H-pyrrole nitrogens is 1. The molecule has 25 heavy (non-hydrogen) atoms. The molecule has 1 aromatic heterocycles. The monoisotopic (exact) mass is 339 g/mol. The Kier molecular flexibility index (Phi) is 4.83. The predicted molar refractivity (Wildman–Crippen MR) is 97.6 cm³/mol. The molecular formula is C19H21N3O3. The van der Waals surface area contributed by atoms with Crippen LogP contribution in [0.4, 0.5) is 0 Å². The molecule has 0 atom stereocenters. The second-order valence-electron chi connectivity index (χ2n) is 6.29. The highest BCUT2D eigenvalue weighted by atomic mass is 16.5. The van der Waals surface area contributed by atoms with E-state index in [0.717, 1.165) is 23.2 Å². The van der Waals surface area contributed by atoms with E-state index < -0.39 is 0 Å². The van der Waals surface area contributed by atoms with Gasteiger partial charge in [-0.15, -0.1) is 0 Å². The summed E-state index contributed by atoms with van der Waals surface area (Å²) in [4.78, 5) is 20.7. The lowest BCUT2D eigenvalue weighted by Gasteiger charge is -2.15. The molecule has 2 aromatic carbocycles. The Hall–Kier alpha value is -2.70. The Balaban J connectivity index is 2.16. The van der Waals surface area contributed by atoms with Gasteiger partial charge in [-0.3, -0.25) is 4.79 Å². The van der Waals surface area contributed by atoms with Crippen LogP contribution >= 0.6 is 0 Å². The second kappa shape index (κ2) is 7.04. The summed E-state index contributed by atoms with van der Waals surface area (Å²) in [6, 6.07) is 9.52. The van der Waals surface area contributed by atoms with Crippen molar-refractivity contribution in [1.82, 2.24) is 14.9 Å². The largest absolute Gasteiger partial charge is 0.506 e. The number of aromatic nitrogens is 2. The SMILES string of the molecule is COCc1cc(CN(C)C)ccc1-c1cc(O)c2nc[nH]c(=O)c2c1. The molecule has 0 saturated carbocycles. The molecule has 6 nitrogen and oxygen atoms in total. The molecular weight excluding hydrogens is 318 g/mol. The van der Waals surface area contributed by atoms with Crippen molar-refractivity contribution in [1.29, 1.82) is 0 Å². The average Bonchev–Trinajstić information content (AvgIpc) is 2.56. The summed E-state index contributed by atoms with van der Waals surface area (Å²) in [6.07, 6.45) is 1.29. The number of benzene rings is 2. The molecule has 0 spiro atoms. The van der Waals surface area contributed by atoms with Gasteiger partial charge in [0.2, 0.25) is 0 Å². The van der Waals surface area contributed by atoms with Crippen LogP contribution in [0.5, 0.6) is 5.75 Å². The van der Waals surface area contributed by atoms with Crippen LogP contribution in [0.2, 0.25) is 0 Å². The van der Waals surface area contributed by atoms with Crippen LogP contribution in [-0.2, 0) is 17.9 Å². The van der Waals surface area contributed by atoms with Gasteiger partial charge in [0, 0.05) is 13.7 Å². The van der Waals surface area contributed by atoms with E-state index >= 15 is 0 Å². The van der Waals surface area contributed by atoms with Crippen molar-refractivity contribution in [2.75, 3.05) is 21.2 Å². The normalized spacial score (nSPS) is 11.4. The maximum Gasteiger partial charge on any atom is 0.258 e. The first-order valence-corrected chi connectivity index (χ1v) is 7.96. The standard InChI is InChI=1S/C19H21N3O3/c1-22(2)9-12-4-5-15(14(6-12)10-25-3)13-7-16-18(17(23)8-13)20-11-21-19(16)24/h4-8,11,23H,9-10H2,1-3H3,(H,20,21,24). The predicted octanol–water partition coefficient (Wildman–Crippen LogP) is 2.50. The summed E-state index contributed by atoms with van der Waals surface area (Å²) in [7, 11) is 5.68. The lowest BCUT2D eigenvalue weighted by atomic mass is 9.96. The Labute approximate surface area is 145 Å². The fourth-order valence-corrected chi connectivity index (χ4v) is 2.98. The van der Waals surface area contributed by atoms with Crippen molar-refractivity contribution in [2.24, 2.45) is 0 Å². The number of rotatable bonds is 5. The number of aromatic hydroxyl groups is 1. The Morgan fingerprint density at radius 1 is 1.24 bits per heavy atom. The Bertz CT molecular complexity index is 964. The zero-order valence-corrected chi connectivity index (χ0v) is 14.5. The number of phenols is 1. The first-order chi connectivity index (χ1) is 12.0. The number of hydrogen-bond donors (Lipinski definition) is 2. The smallest absolute Gasteiger partial charge is 0.258 e. The van der Waals surface area contributed by atoms with E-state index in [1.165, 1.54) is 11.9 Å². The number of hydrogen-bond acceptors (Lipinski definition) is 5. The number of phenolic OH excluding ortho intramolecular Hbond substituents is 1. The van der Waals surface area contributed by atoms with Crippen LogP contribution in [0.3, 0.4) is 0 Å². The summed E-state index contributed by atoms with van der Waals surface area (Å²) < 4.78 is 5.34. The highest BCUT2D eigenvalue weighted by Gasteiger charge is 2.12.